The van der Waals surface area contributed by atoms with E-state index in [0.29, 0.717) is 31.0 Å². The van der Waals surface area contributed by atoms with E-state index in [0.717, 1.165) is 76.3 Å². The second-order valence-corrected chi connectivity index (χ2v) is 9.19. The van der Waals surface area contributed by atoms with E-state index in [1.54, 1.807) is 0 Å². The topological polar surface area (TPSA) is 67.4 Å². The van der Waals surface area contributed by atoms with Gasteiger partial charge in [-0.1, -0.05) is 26.0 Å². The van der Waals surface area contributed by atoms with Gasteiger partial charge in [-0.2, -0.15) is 0 Å². The number of benzene rings is 1. The Kier molecular flexibility index (Phi) is 10.1. The quantitative estimate of drug-likeness (QED) is 0.426. The highest BCUT2D eigenvalue weighted by Gasteiger charge is 2.24. The predicted molar refractivity (Wildman–Crippen MR) is 129 cm³/mol. The fourth-order valence-electron chi connectivity index (χ4n) is 4.25. The average molecular weight is 447 g/mol. The monoisotopic (exact) mass is 446 g/mol. The summed E-state index contributed by atoms with van der Waals surface area (Å²) in [6, 6.07) is 6.83. The Labute approximate surface area is 193 Å². The summed E-state index contributed by atoms with van der Waals surface area (Å²) in [5.41, 5.74) is 2.31. The maximum absolute atomic E-state index is 6.19. The Bertz CT molecular complexity index is 713. The summed E-state index contributed by atoms with van der Waals surface area (Å²) in [4.78, 5) is 7.41. The van der Waals surface area contributed by atoms with Crippen LogP contribution < -0.4 is 15.4 Å². The Hall–Kier alpha value is -1.83. The second-order valence-electron chi connectivity index (χ2n) is 9.19. The van der Waals surface area contributed by atoms with Crippen LogP contribution in [0.2, 0.25) is 0 Å². The molecule has 2 heterocycles. The number of morpholine rings is 1. The largest absolute Gasteiger partial charge is 0.493 e. The van der Waals surface area contributed by atoms with Crippen LogP contribution in [0.1, 0.15) is 38.3 Å². The van der Waals surface area contributed by atoms with Gasteiger partial charge < -0.3 is 24.8 Å². The van der Waals surface area contributed by atoms with Gasteiger partial charge in [-0.05, 0) is 37.8 Å². The molecule has 0 saturated carbocycles. The van der Waals surface area contributed by atoms with Gasteiger partial charge in [0.25, 0.3) is 0 Å². The molecule has 0 aromatic heterocycles. The van der Waals surface area contributed by atoms with Crippen molar-refractivity contribution in [2.24, 2.45) is 16.8 Å². The van der Waals surface area contributed by atoms with Crippen LogP contribution in [0, 0.1) is 18.8 Å². The molecule has 7 nitrogen and oxygen atoms in total. The lowest BCUT2D eigenvalue weighted by Crippen LogP contribution is -2.52. The third-order valence-electron chi connectivity index (χ3n) is 6.24. The standard InChI is InChI=1S/C25H42N4O3/c1-5-26-25(28-16-23(19(2)3)29-9-12-30-13-10-29)27-15-22-7-6-20(4)14-24(22)32-18-21-8-11-31-17-21/h6-7,14,19,21,23H,5,8-13,15-18H2,1-4H3,(H2,26,27,28). The molecule has 0 amide bonds. The van der Waals surface area contributed by atoms with Crippen molar-refractivity contribution in [1.82, 2.24) is 15.5 Å². The molecule has 2 atom stereocenters. The minimum Gasteiger partial charge on any atom is -0.493 e. The smallest absolute Gasteiger partial charge is 0.191 e. The number of hydrogen-bond donors (Lipinski definition) is 2. The van der Waals surface area contributed by atoms with Crippen molar-refractivity contribution in [3.63, 3.8) is 0 Å². The molecule has 0 bridgehead atoms. The van der Waals surface area contributed by atoms with Crippen LogP contribution in [0.15, 0.2) is 23.2 Å². The zero-order valence-electron chi connectivity index (χ0n) is 20.4. The van der Waals surface area contributed by atoms with Gasteiger partial charge in [-0.25, -0.2) is 4.99 Å². The van der Waals surface area contributed by atoms with Crippen molar-refractivity contribution in [1.29, 1.82) is 0 Å². The zero-order valence-corrected chi connectivity index (χ0v) is 20.4. The van der Waals surface area contributed by atoms with Crippen LogP contribution in [0.5, 0.6) is 5.75 Å². The Morgan fingerprint density at radius 3 is 2.69 bits per heavy atom. The average Bonchev–Trinajstić information content (AvgIpc) is 3.31. The summed E-state index contributed by atoms with van der Waals surface area (Å²) in [5, 5.41) is 6.97. The summed E-state index contributed by atoms with van der Waals surface area (Å²) in [5.74, 6) is 2.83. The molecule has 2 saturated heterocycles. The van der Waals surface area contributed by atoms with Gasteiger partial charge in [0.05, 0.1) is 33.0 Å². The molecule has 1 aromatic rings. The van der Waals surface area contributed by atoms with Crippen LogP contribution in [0.3, 0.4) is 0 Å². The molecule has 2 aliphatic heterocycles. The third kappa shape index (κ3) is 7.64. The SMILES string of the molecule is CCNC(=NCc1ccc(C)cc1OCC1CCOC1)NCC(C(C)C)N1CCOCC1. The highest BCUT2D eigenvalue weighted by atomic mass is 16.5. The minimum absolute atomic E-state index is 0.453. The lowest BCUT2D eigenvalue weighted by atomic mass is 10.0. The van der Waals surface area contributed by atoms with Gasteiger partial charge in [0.15, 0.2) is 5.96 Å². The highest BCUT2D eigenvalue weighted by Crippen LogP contribution is 2.23. The van der Waals surface area contributed by atoms with Crippen molar-refractivity contribution >= 4 is 5.96 Å². The van der Waals surface area contributed by atoms with E-state index in [4.69, 9.17) is 19.2 Å². The first-order valence-electron chi connectivity index (χ1n) is 12.2. The van der Waals surface area contributed by atoms with E-state index in [2.05, 4.69) is 61.4 Å². The van der Waals surface area contributed by atoms with E-state index in [-0.39, 0.29) is 0 Å². The minimum atomic E-state index is 0.453. The molecular weight excluding hydrogens is 404 g/mol. The summed E-state index contributed by atoms with van der Waals surface area (Å²) in [7, 11) is 0. The molecule has 32 heavy (non-hydrogen) atoms. The number of ether oxygens (including phenoxy) is 3. The van der Waals surface area contributed by atoms with Crippen LogP contribution in [-0.4, -0.2) is 76.1 Å². The van der Waals surface area contributed by atoms with Gasteiger partial charge in [-0.15, -0.1) is 0 Å². The first-order valence-corrected chi connectivity index (χ1v) is 12.2. The summed E-state index contributed by atoms with van der Waals surface area (Å²) in [6.07, 6.45) is 1.08. The molecule has 7 heteroatoms. The summed E-state index contributed by atoms with van der Waals surface area (Å²) >= 11 is 0. The van der Waals surface area contributed by atoms with Crippen molar-refractivity contribution in [2.75, 3.05) is 59.2 Å². The van der Waals surface area contributed by atoms with E-state index in [1.165, 1.54) is 5.56 Å². The predicted octanol–water partition coefficient (Wildman–Crippen LogP) is 2.82. The van der Waals surface area contributed by atoms with E-state index >= 15 is 0 Å². The molecule has 2 aliphatic rings. The Balaban J connectivity index is 1.62. The maximum Gasteiger partial charge on any atom is 0.191 e. The number of nitrogens with zero attached hydrogens (tertiary/aromatic N) is 2. The van der Waals surface area contributed by atoms with Crippen LogP contribution in [0.25, 0.3) is 0 Å². The van der Waals surface area contributed by atoms with Crippen molar-refractivity contribution < 1.29 is 14.2 Å². The van der Waals surface area contributed by atoms with Gasteiger partial charge >= 0.3 is 0 Å². The molecule has 0 aliphatic carbocycles. The third-order valence-corrected chi connectivity index (χ3v) is 6.24. The maximum atomic E-state index is 6.19. The number of rotatable bonds is 10. The first-order chi connectivity index (χ1) is 15.6. The van der Waals surface area contributed by atoms with Crippen molar-refractivity contribution in [3.05, 3.63) is 29.3 Å². The van der Waals surface area contributed by atoms with Gasteiger partial charge in [-0.3, -0.25) is 4.90 Å². The molecule has 3 rings (SSSR count). The van der Waals surface area contributed by atoms with Gasteiger partial charge in [0.2, 0.25) is 0 Å². The lowest BCUT2D eigenvalue weighted by Gasteiger charge is -2.37. The fourth-order valence-corrected chi connectivity index (χ4v) is 4.25. The van der Waals surface area contributed by atoms with E-state index < -0.39 is 0 Å². The molecule has 0 spiro atoms. The van der Waals surface area contributed by atoms with Crippen molar-refractivity contribution in [2.45, 2.75) is 46.7 Å². The molecule has 0 radical (unpaired) electrons. The first kappa shape index (κ1) is 24.8. The number of hydrogen-bond acceptors (Lipinski definition) is 5. The molecule has 2 N–H and O–H groups in total. The second kappa shape index (κ2) is 13.0. The van der Waals surface area contributed by atoms with Crippen LogP contribution >= 0.6 is 0 Å². The highest BCUT2D eigenvalue weighted by molar-refractivity contribution is 5.79. The number of guanidine groups is 1. The fraction of sp³-hybridized carbons (Fsp3) is 0.720. The molecule has 2 fully saturated rings. The number of nitrogens with one attached hydrogen (secondary N) is 2. The number of aliphatic imine (C=N–C) groups is 1. The molecular formula is C25H42N4O3. The summed E-state index contributed by atoms with van der Waals surface area (Å²) in [6.45, 7) is 17.0. The number of aryl methyl sites for hydroxylation is 1. The van der Waals surface area contributed by atoms with Gasteiger partial charge in [0.1, 0.15) is 5.75 Å². The Morgan fingerprint density at radius 1 is 1.19 bits per heavy atom. The zero-order chi connectivity index (χ0) is 22.8. The lowest BCUT2D eigenvalue weighted by molar-refractivity contribution is 0.00752. The normalized spacial score (nSPS) is 21.0. The summed E-state index contributed by atoms with van der Waals surface area (Å²) < 4.78 is 17.2. The molecule has 2 unspecified atom stereocenters. The molecule has 180 valence electrons. The van der Waals surface area contributed by atoms with Crippen LogP contribution in [0.4, 0.5) is 0 Å². The van der Waals surface area contributed by atoms with E-state index in [9.17, 15) is 0 Å². The molecule has 1 aromatic carbocycles. The van der Waals surface area contributed by atoms with Crippen LogP contribution in [-0.2, 0) is 16.0 Å². The van der Waals surface area contributed by atoms with E-state index in [1.807, 2.05) is 0 Å². The Morgan fingerprint density at radius 2 is 2.00 bits per heavy atom. The van der Waals surface area contributed by atoms with Gasteiger partial charge in [0, 0.05) is 50.3 Å². The van der Waals surface area contributed by atoms with Crippen molar-refractivity contribution in [3.8, 4) is 5.75 Å².